The number of hydrogen-bond donors (Lipinski definition) is 1. The van der Waals surface area contributed by atoms with E-state index in [1.54, 1.807) is 5.56 Å². The van der Waals surface area contributed by atoms with Gasteiger partial charge < -0.3 is 5.73 Å². The quantitative estimate of drug-likeness (QED) is 0.383. The molecule has 1 nitrogen and oxygen atoms in total. The average Bonchev–Trinajstić information content (AvgIpc) is 2.68. The molecule has 2 aromatic rings. The Bertz CT molecular complexity index is 702. The molecule has 0 aliphatic heterocycles. The molecule has 3 rings (SSSR count). The highest BCUT2D eigenvalue weighted by Crippen LogP contribution is 2.49. The van der Waals surface area contributed by atoms with E-state index in [0.717, 1.165) is 11.6 Å². The standard InChI is InChI=1S/C26H37N/c1-3-4-5-8-17-26(19-22-13-15-24(27)16-14-22)18-9-11-23(20-26)25-12-7-6-10-21(25)2/h6-7,10,12-16,23H,3-5,8-9,11,17-20,27H2,1-2H3. The zero-order valence-corrected chi connectivity index (χ0v) is 17.3. The van der Waals surface area contributed by atoms with Crippen molar-refractivity contribution in [3.05, 3.63) is 65.2 Å². The molecule has 0 radical (unpaired) electrons. The number of benzene rings is 2. The van der Waals surface area contributed by atoms with E-state index in [0.29, 0.717) is 5.41 Å². The van der Waals surface area contributed by atoms with Crippen molar-refractivity contribution in [3.63, 3.8) is 0 Å². The van der Waals surface area contributed by atoms with Crippen molar-refractivity contribution >= 4 is 5.69 Å². The minimum atomic E-state index is 0.453. The van der Waals surface area contributed by atoms with E-state index in [1.165, 1.54) is 75.3 Å². The molecule has 0 bridgehead atoms. The molecule has 2 aromatic carbocycles. The first-order valence-electron chi connectivity index (χ1n) is 11.0. The van der Waals surface area contributed by atoms with Crippen molar-refractivity contribution in [2.45, 2.75) is 84.0 Å². The summed E-state index contributed by atoms with van der Waals surface area (Å²) >= 11 is 0. The molecule has 27 heavy (non-hydrogen) atoms. The molecule has 0 aromatic heterocycles. The third-order valence-electron chi connectivity index (χ3n) is 6.69. The number of nitrogen functional groups attached to an aromatic ring is 1. The van der Waals surface area contributed by atoms with Crippen molar-refractivity contribution in [2.24, 2.45) is 5.41 Å². The van der Waals surface area contributed by atoms with E-state index < -0.39 is 0 Å². The molecule has 2 atom stereocenters. The summed E-state index contributed by atoms with van der Waals surface area (Å²) in [6, 6.07) is 17.7. The molecule has 2 N–H and O–H groups in total. The fourth-order valence-corrected chi connectivity index (χ4v) is 5.23. The van der Waals surface area contributed by atoms with Gasteiger partial charge in [-0.15, -0.1) is 0 Å². The summed E-state index contributed by atoms with van der Waals surface area (Å²) in [5.41, 5.74) is 11.8. The van der Waals surface area contributed by atoms with Crippen molar-refractivity contribution in [1.82, 2.24) is 0 Å². The number of hydrogen-bond acceptors (Lipinski definition) is 1. The van der Waals surface area contributed by atoms with Gasteiger partial charge in [-0.2, -0.15) is 0 Å². The monoisotopic (exact) mass is 363 g/mol. The third-order valence-corrected chi connectivity index (χ3v) is 6.69. The molecule has 1 aliphatic carbocycles. The van der Waals surface area contributed by atoms with Crippen LogP contribution in [-0.4, -0.2) is 0 Å². The van der Waals surface area contributed by atoms with Crippen molar-refractivity contribution in [2.75, 3.05) is 5.73 Å². The molecule has 2 unspecified atom stereocenters. The van der Waals surface area contributed by atoms with Crippen LogP contribution in [0, 0.1) is 12.3 Å². The Hall–Kier alpha value is -1.76. The molecule has 146 valence electrons. The van der Waals surface area contributed by atoms with Gasteiger partial charge in [0.05, 0.1) is 0 Å². The Labute approximate surface area is 166 Å². The van der Waals surface area contributed by atoms with Crippen LogP contribution < -0.4 is 5.73 Å². The first-order chi connectivity index (χ1) is 13.1. The van der Waals surface area contributed by atoms with Crippen LogP contribution in [0.5, 0.6) is 0 Å². The molecule has 0 amide bonds. The second kappa shape index (κ2) is 9.44. The van der Waals surface area contributed by atoms with Gasteiger partial charge >= 0.3 is 0 Å². The Balaban J connectivity index is 1.79. The third kappa shape index (κ3) is 5.37. The number of rotatable bonds is 8. The van der Waals surface area contributed by atoms with Gasteiger partial charge in [0.1, 0.15) is 0 Å². The van der Waals surface area contributed by atoms with Gasteiger partial charge in [0.2, 0.25) is 0 Å². The van der Waals surface area contributed by atoms with Gasteiger partial charge in [-0.1, -0.05) is 75.4 Å². The van der Waals surface area contributed by atoms with Crippen LogP contribution in [0.4, 0.5) is 5.69 Å². The van der Waals surface area contributed by atoms with E-state index in [-0.39, 0.29) is 0 Å². The minimum absolute atomic E-state index is 0.453. The summed E-state index contributed by atoms with van der Waals surface area (Å²) < 4.78 is 0. The van der Waals surface area contributed by atoms with E-state index in [4.69, 9.17) is 5.73 Å². The highest BCUT2D eigenvalue weighted by Gasteiger charge is 2.36. The lowest BCUT2D eigenvalue weighted by molar-refractivity contribution is 0.148. The first-order valence-corrected chi connectivity index (χ1v) is 11.0. The van der Waals surface area contributed by atoms with Crippen LogP contribution in [-0.2, 0) is 6.42 Å². The molecule has 0 heterocycles. The maximum absolute atomic E-state index is 5.92. The van der Waals surface area contributed by atoms with E-state index in [2.05, 4.69) is 62.4 Å². The summed E-state index contributed by atoms with van der Waals surface area (Å²) in [5, 5.41) is 0. The second-order valence-electron chi connectivity index (χ2n) is 8.88. The Kier molecular flexibility index (Phi) is 6.99. The maximum Gasteiger partial charge on any atom is 0.0314 e. The van der Waals surface area contributed by atoms with Gasteiger partial charge in [0, 0.05) is 5.69 Å². The van der Waals surface area contributed by atoms with Crippen LogP contribution >= 0.6 is 0 Å². The van der Waals surface area contributed by atoms with Crippen LogP contribution in [0.1, 0.15) is 87.3 Å². The lowest BCUT2D eigenvalue weighted by Gasteiger charge is -2.42. The summed E-state index contributed by atoms with van der Waals surface area (Å²) in [6.45, 7) is 4.59. The predicted octanol–water partition coefficient (Wildman–Crippen LogP) is 7.43. The molecular weight excluding hydrogens is 326 g/mol. The largest absolute Gasteiger partial charge is 0.399 e. The smallest absolute Gasteiger partial charge is 0.0314 e. The topological polar surface area (TPSA) is 26.0 Å². The number of anilines is 1. The minimum Gasteiger partial charge on any atom is -0.399 e. The molecular formula is C26H37N. The number of unbranched alkanes of at least 4 members (excludes halogenated alkanes) is 3. The van der Waals surface area contributed by atoms with Crippen LogP contribution in [0.3, 0.4) is 0 Å². The zero-order valence-electron chi connectivity index (χ0n) is 17.3. The molecule has 1 heteroatoms. The Morgan fingerprint density at radius 1 is 1.00 bits per heavy atom. The fourth-order valence-electron chi connectivity index (χ4n) is 5.23. The van der Waals surface area contributed by atoms with Crippen molar-refractivity contribution in [3.8, 4) is 0 Å². The fraction of sp³-hybridized carbons (Fsp3) is 0.538. The lowest BCUT2D eigenvalue weighted by Crippen LogP contribution is -2.30. The van der Waals surface area contributed by atoms with Crippen LogP contribution in [0.25, 0.3) is 0 Å². The van der Waals surface area contributed by atoms with Crippen LogP contribution in [0.15, 0.2) is 48.5 Å². The number of aryl methyl sites for hydroxylation is 1. The summed E-state index contributed by atoms with van der Waals surface area (Å²) in [6.07, 6.45) is 13.5. The average molecular weight is 364 g/mol. The Morgan fingerprint density at radius 3 is 2.52 bits per heavy atom. The van der Waals surface area contributed by atoms with Crippen molar-refractivity contribution in [1.29, 1.82) is 0 Å². The Morgan fingerprint density at radius 2 is 1.78 bits per heavy atom. The molecule has 1 saturated carbocycles. The SMILES string of the molecule is CCCCCCC1(Cc2ccc(N)cc2)CCCC(c2ccccc2C)C1. The van der Waals surface area contributed by atoms with Gasteiger partial charge in [0.25, 0.3) is 0 Å². The lowest BCUT2D eigenvalue weighted by atomic mass is 9.63. The molecule has 0 saturated heterocycles. The summed E-state index contributed by atoms with van der Waals surface area (Å²) in [4.78, 5) is 0. The van der Waals surface area contributed by atoms with Crippen LogP contribution in [0.2, 0.25) is 0 Å². The van der Waals surface area contributed by atoms with E-state index >= 15 is 0 Å². The van der Waals surface area contributed by atoms with E-state index in [9.17, 15) is 0 Å². The summed E-state index contributed by atoms with van der Waals surface area (Å²) in [5.74, 6) is 0.722. The molecule has 0 spiro atoms. The van der Waals surface area contributed by atoms with Gasteiger partial charge in [-0.05, 0) is 79.2 Å². The highest BCUT2D eigenvalue weighted by molar-refractivity contribution is 5.39. The predicted molar refractivity (Wildman–Crippen MR) is 118 cm³/mol. The first kappa shape index (κ1) is 20.0. The van der Waals surface area contributed by atoms with Gasteiger partial charge in [-0.3, -0.25) is 0 Å². The normalized spacial score (nSPS) is 22.7. The zero-order chi connectivity index (χ0) is 19.1. The summed E-state index contributed by atoms with van der Waals surface area (Å²) in [7, 11) is 0. The van der Waals surface area contributed by atoms with E-state index in [1.807, 2.05) is 0 Å². The second-order valence-corrected chi connectivity index (χ2v) is 8.88. The van der Waals surface area contributed by atoms with Gasteiger partial charge in [0.15, 0.2) is 0 Å². The van der Waals surface area contributed by atoms with Gasteiger partial charge in [-0.25, -0.2) is 0 Å². The highest BCUT2D eigenvalue weighted by atomic mass is 14.5. The molecule has 1 fully saturated rings. The number of nitrogens with two attached hydrogens (primary N) is 1. The maximum atomic E-state index is 5.92. The van der Waals surface area contributed by atoms with Crippen molar-refractivity contribution < 1.29 is 0 Å². The molecule has 1 aliphatic rings.